The normalized spacial score (nSPS) is 11.9. The smallest absolute Gasteiger partial charge is 0.338 e. The molecule has 0 saturated carbocycles. The number of nitrogens with one attached hydrogen (secondary N) is 1. The number of benzene rings is 1. The fourth-order valence-electron chi connectivity index (χ4n) is 1.21. The van der Waals surface area contributed by atoms with E-state index in [1.807, 2.05) is 0 Å². The molecule has 1 aromatic carbocycles. The van der Waals surface area contributed by atoms with Crippen LogP contribution in [-0.4, -0.2) is 29.2 Å². The van der Waals surface area contributed by atoms with Gasteiger partial charge in [-0.3, -0.25) is 14.8 Å². The number of anilines is 1. The Bertz CT molecular complexity index is 660. The lowest BCUT2D eigenvalue weighted by Crippen LogP contribution is -2.34. The molecule has 0 spiro atoms. The molecule has 0 aliphatic rings. The molecule has 0 aliphatic carbocycles. The Kier molecular flexibility index (Phi) is 4.04. The van der Waals surface area contributed by atoms with Gasteiger partial charge in [-0.15, -0.1) is 0 Å². The van der Waals surface area contributed by atoms with Crippen LogP contribution in [0.3, 0.4) is 0 Å². The highest BCUT2D eigenvalue weighted by molar-refractivity contribution is 7.94. The largest absolute Gasteiger partial charge is 0.478 e. The van der Waals surface area contributed by atoms with Crippen LogP contribution in [0.2, 0.25) is 0 Å². The molecule has 0 amide bonds. The minimum absolute atomic E-state index is 0.210. The first kappa shape index (κ1) is 15.9. The Morgan fingerprint density at radius 2 is 1.90 bits per heavy atom. The standard InChI is InChI=1S/C11H14N2O6S/c1-11(2,3)20(18,19)12-9-5-4-7(13(16)17)6-8(9)10(14)15/h4-6,12H,1-3H3,(H,14,15). The third-order valence-electron chi connectivity index (χ3n) is 2.49. The fraction of sp³-hybridized carbons (Fsp3) is 0.364. The van der Waals surface area contributed by atoms with Crippen LogP contribution in [0.4, 0.5) is 11.4 Å². The molecule has 0 unspecified atom stereocenters. The average Bonchev–Trinajstić information content (AvgIpc) is 2.26. The Morgan fingerprint density at radius 3 is 2.30 bits per heavy atom. The summed E-state index contributed by atoms with van der Waals surface area (Å²) in [4.78, 5) is 20.9. The van der Waals surface area contributed by atoms with Gasteiger partial charge in [-0.1, -0.05) is 0 Å². The molecule has 0 radical (unpaired) electrons. The zero-order valence-electron chi connectivity index (χ0n) is 11.1. The van der Waals surface area contributed by atoms with Gasteiger partial charge in [0.15, 0.2) is 0 Å². The van der Waals surface area contributed by atoms with Crippen molar-refractivity contribution in [2.45, 2.75) is 25.5 Å². The lowest BCUT2D eigenvalue weighted by Gasteiger charge is -2.21. The summed E-state index contributed by atoms with van der Waals surface area (Å²) in [6, 6.07) is 2.90. The molecule has 1 rings (SSSR count). The number of aromatic carboxylic acids is 1. The van der Waals surface area contributed by atoms with Crippen LogP contribution in [0.15, 0.2) is 18.2 Å². The van der Waals surface area contributed by atoms with Gasteiger partial charge in [0.1, 0.15) is 0 Å². The number of nitro benzene ring substituents is 1. The fourth-order valence-corrected chi connectivity index (χ4v) is 1.98. The summed E-state index contributed by atoms with van der Waals surface area (Å²) in [5.41, 5.74) is -1.12. The zero-order valence-corrected chi connectivity index (χ0v) is 11.9. The first-order valence-corrected chi connectivity index (χ1v) is 6.98. The number of rotatable bonds is 4. The second-order valence-electron chi connectivity index (χ2n) is 5.01. The van der Waals surface area contributed by atoms with Gasteiger partial charge < -0.3 is 5.11 Å². The van der Waals surface area contributed by atoms with Gasteiger partial charge in [0.25, 0.3) is 5.69 Å². The minimum Gasteiger partial charge on any atom is -0.478 e. The summed E-state index contributed by atoms with van der Waals surface area (Å²) in [5, 5.41) is 19.6. The predicted octanol–water partition coefficient (Wildman–Crippen LogP) is 1.83. The summed E-state index contributed by atoms with van der Waals surface area (Å²) in [5.74, 6) is -1.46. The molecule has 2 N–H and O–H groups in total. The van der Waals surface area contributed by atoms with Crippen molar-refractivity contribution in [2.24, 2.45) is 0 Å². The molecular weight excluding hydrogens is 288 g/mol. The van der Waals surface area contributed by atoms with E-state index in [0.29, 0.717) is 0 Å². The summed E-state index contributed by atoms with van der Waals surface area (Å²) in [7, 11) is -3.82. The van der Waals surface area contributed by atoms with E-state index in [4.69, 9.17) is 5.11 Å². The van der Waals surface area contributed by atoms with Gasteiger partial charge in [0.2, 0.25) is 10.0 Å². The van der Waals surface area contributed by atoms with E-state index in [9.17, 15) is 23.3 Å². The van der Waals surface area contributed by atoms with Gasteiger partial charge in [-0.2, -0.15) is 0 Å². The third-order valence-corrected chi connectivity index (χ3v) is 4.60. The number of carbonyl (C=O) groups is 1. The molecule has 0 atom stereocenters. The molecule has 9 heteroatoms. The van der Waals surface area contributed by atoms with Crippen molar-refractivity contribution in [3.63, 3.8) is 0 Å². The Labute approximate surface area is 115 Å². The van der Waals surface area contributed by atoms with Crippen LogP contribution in [0.5, 0.6) is 0 Å². The number of hydrogen-bond acceptors (Lipinski definition) is 5. The number of sulfonamides is 1. The number of carboxylic acid groups (broad SMARTS) is 1. The van der Waals surface area contributed by atoms with Crippen LogP contribution in [-0.2, 0) is 10.0 Å². The van der Waals surface area contributed by atoms with Crippen LogP contribution >= 0.6 is 0 Å². The third kappa shape index (κ3) is 3.23. The van der Waals surface area contributed by atoms with Crippen molar-refractivity contribution in [3.05, 3.63) is 33.9 Å². The Morgan fingerprint density at radius 1 is 1.35 bits per heavy atom. The van der Waals surface area contributed by atoms with E-state index in [-0.39, 0.29) is 5.69 Å². The maximum atomic E-state index is 12.0. The monoisotopic (exact) mass is 302 g/mol. The van der Waals surface area contributed by atoms with E-state index in [1.54, 1.807) is 0 Å². The van der Waals surface area contributed by atoms with Crippen molar-refractivity contribution in [2.75, 3.05) is 4.72 Å². The van der Waals surface area contributed by atoms with Gasteiger partial charge in [-0.25, -0.2) is 13.2 Å². The Hall–Kier alpha value is -2.16. The maximum absolute atomic E-state index is 12.0. The quantitative estimate of drug-likeness (QED) is 0.645. The number of nitrogens with zero attached hydrogens (tertiary/aromatic N) is 1. The molecule has 0 aromatic heterocycles. The molecule has 1 aromatic rings. The molecule has 0 fully saturated rings. The SMILES string of the molecule is CC(C)(C)S(=O)(=O)Nc1ccc([N+](=O)[O-])cc1C(=O)O. The van der Waals surface area contributed by atoms with E-state index in [2.05, 4.69) is 4.72 Å². The van der Waals surface area contributed by atoms with Crippen molar-refractivity contribution in [3.8, 4) is 0 Å². The number of non-ortho nitro benzene ring substituents is 1. The Balaban J connectivity index is 3.34. The molecule has 0 aliphatic heterocycles. The van der Waals surface area contributed by atoms with Gasteiger partial charge in [0.05, 0.1) is 20.9 Å². The van der Waals surface area contributed by atoms with Gasteiger partial charge >= 0.3 is 5.97 Å². The van der Waals surface area contributed by atoms with Crippen molar-refractivity contribution in [1.29, 1.82) is 0 Å². The topological polar surface area (TPSA) is 127 Å². The van der Waals surface area contributed by atoms with Crippen molar-refractivity contribution < 1.29 is 23.2 Å². The summed E-state index contributed by atoms with van der Waals surface area (Å²) >= 11 is 0. The van der Waals surface area contributed by atoms with E-state index in [1.165, 1.54) is 20.8 Å². The average molecular weight is 302 g/mol. The van der Waals surface area contributed by atoms with Gasteiger partial charge in [-0.05, 0) is 26.8 Å². The van der Waals surface area contributed by atoms with E-state index >= 15 is 0 Å². The van der Waals surface area contributed by atoms with Crippen LogP contribution in [0.25, 0.3) is 0 Å². The summed E-state index contributed by atoms with van der Waals surface area (Å²) < 4.78 is 24.9. The highest BCUT2D eigenvalue weighted by atomic mass is 32.2. The molecule has 20 heavy (non-hydrogen) atoms. The minimum atomic E-state index is -3.82. The highest BCUT2D eigenvalue weighted by Crippen LogP contribution is 2.26. The zero-order chi connectivity index (χ0) is 15.7. The second-order valence-corrected chi connectivity index (χ2v) is 7.45. The number of hydrogen-bond donors (Lipinski definition) is 2. The van der Waals surface area contributed by atoms with E-state index in [0.717, 1.165) is 18.2 Å². The molecule has 0 saturated heterocycles. The first-order valence-electron chi connectivity index (χ1n) is 5.50. The molecule has 0 heterocycles. The molecule has 8 nitrogen and oxygen atoms in total. The highest BCUT2D eigenvalue weighted by Gasteiger charge is 2.30. The maximum Gasteiger partial charge on any atom is 0.338 e. The van der Waals surface area contributed by atoms with Crippen molar-refractivity contribution in [1.82, 2.24) is 0 Å². The molecular formula is C11H14N2O6S. The lowest BCUT2D eigenvalue weighted by atomic mass is 10.1. The predicted molar refractivity (Wildman–Crippen MR) is 72.4 cm³/mol. The second kappa shape index (κ2) is 5.08. The first-order chi connectivity index (χ1) is 8.95. The lowest BCUT2D eigenvalue weighted by molar-refractivity contribution is -0.384. The summed E-state index contributed by atoms with van der Waals surface area (Å²) in [6.45, 7) is 4.34. The molecule has 110 valence electrons. The van der Waals surface area contributed by atoms with Gasteiger partial charge in [0, 0.05) is 12.1 Å². The number of nitro groups is 1. The van der Waals surface area contributed by atoms with Crippen molar-refractivity contribution >= 4 is 27.4 Å². The van der Waals surface area contributed by atoms with Crippen LogP contribution in [0.1, 0.15) is 31.1 Å². The summed E-state index contributed by atoms with van der Waals surface area (Å²) in [6.07, 6.45) is 0. The van der Waals surface area contributed by atoms with E-state index < -0.39 is 36.9 Å². The van der Waals surface area contributed by atoms with Crippen LogP contribution in [0, 0.1) is 10.1 Å². The molecule has 0 bridgehead atoms. The number of carboxylic acids is 1. The van der Waals surface area contributed by atoms with Crippen LogP contribution < -0.4 is 4.72 Å².